The molecule has 0 atom stereocenters. The van der Waals surface area contributed by atoms with Gasteiger partial charge in [0.25, 0.3) is 0 Å². The zero-order valence-electron chi connectivity index (χ0n) is 10.6. The summed E-state index contributed by atoms with van der Waals surface area (Å²) in [5, 5.41) is 15.2. The summed E-state index contributed by atoms with van der Waals surface area (Å²) in [5.74, 6) is -0.848. The van der Waals surface area contributed by atoms with Crippen molar-refractivity contribution in [1.82, 2.24) is 20.0 Å². The Hall–Kier alpha value is -2.05. The highest BCUT2D eigenvalue weighted by Gasteiger charge is 2.09. The number of nitrogens with one attached hydrogen (secondary N) is 1. The summed E-state index contributed by atoms with van der Waals surface area (Å²) in [6.07, 6.45) is 2.18. The molecule has 0 aliphatic carbocycles. The molecule has 1 heterocycles. The summed E-state index contributed by atoms with van der Waals surface area (Å²) >= 11 is 0. The molecular weight excluding hydrogens is 236 g/mol. The SMILES string of the molecule is CN(CCCC(=O)O)C(=O)NCc1ccnn1C. The molecule has 1 rings (SSSR count). The van der Waals surface area contributed by atoms with E-state index in [9.17, 15) is 9.59 Å². The lowest BCUT2D eigenvalue weighted by Gasteiger charge is -2.17. The molecule has 0 aliphatic rings. The number of urea groups is 1. The molecule has 0 saturated heterocycles. The van der Waals surface area contributed by atoms with Gasteiger partial charge < -0.3 is 15.3 Å². The Balaban J connectivity index is 2.27. The number of aryl methyl sites for hydroxylation is 1. The monoisotopic (exact) mass is 254 g/mol. The van der Waals surface area contributed by atoms with Crippen LogP contribution < -0.4 is 5.32 Å². The van der Waals surface area contributed by atoms with Crippen molar-refractivity contribution in [2.75, 3.05) is 13.6 Å². The number of amides is 2. The number of aliphatic carboxylic acids is 1. The van der Waals surface area contributed by atoms with Crippen LogP contribution in [0, 0.1) is 0 Å². The average Bonchev–Trinajstić information content (AvgIpc) is 2.71. The van der Waals surface area contributed by atoms with Crippen LogP contribution in [-0.2, 0) is 18.4 Å². The number of carbonyl (C=O) groups excluding carboxylic acids is 1. The Morgan fingerprint density at radius 1 is 1.56 bits per heavy atom. The Morgan fingerprint density at radius 2 is 2.28 bits per heavy atom. The van der Waals surface area contributed by atoms with Crippen molar-refractivity contribution >= 4 is 12.0 Å². The fraction of sp³-hybridized carbons (Fsp3) is 0.545. The summed E-state index contributed by atoms with van der Waals surface area (Å²) in [6.45, 7) is 0.822. The molecule has 0 radical (unpaired) electrons. The van der Waals surface area contributed by atoms with Crippen molar-refractivity contribution in [3.8, 4) is 0 Å². The van der Waals surface area contributed by atoms with Gasteiger partial charge in [0.1, 0.15) is 0 Å². The van der Waals surface area contributed by atoms with E-state index in [-0.39, 0.29) is 12.5 Å². The van der Waals surface area contributed by atoms with E-state index in [1.807, 2.05) is 6.07 Å². The molecule has 0 aliphatic heterocycles. The van der Waals surface area contributed by atoms with E-state index in [0.717, 1.165) is 5.69 Å². The van der Waals surface area contributed by atoms with E-state index in [2.05, 4.69) is 10.4 Å². The van der Waals surface area contributed by atoms with E-state index >= 15 is 0 Å². The Morgan fingerprint density at radius 3 is 2.83 bits per heavy atom. The van der Waals surface area contributed by atoms with Crippen LogP contribution in [-0.4, -0.2) is 45.4 Å². The smallest absolute Gasteiger partial charge is 0.317 e. The molecule has 0 bridgehead atoms. The molecular formula is C11H18N4O3. The molecule has 2 N–H and O–H groups in total. The average molecular weight is 254 g/mol. The Bertz CT molecular complexity index is 416. The maximum absolute atomic E-state index is 11.7. The largest absolute Gasteiger partial charge is 0.481 e. The number of hydrogen-bond acceptors (Lipinski definition) is 3. The highest BCUT2D eigenvalue weighted by atomic mass is 16.4. The second kappa shape index (κ2) is 6.63. The van der Waals surface area contributed by atoms with Crippen LogP contribution in [0.4, 0.5) is 4.79 Å². The number of carboxylic acids is 1. The fourth-order valence-electron chi connectivity index (χ4n) is 1.44. The van der Waals surface area contributed by atoms with Crippen LogP contribution in [0.5, 0.6) is 0 Å². The van der Waals surface area contributed by atoms with Crippen molar-refractivity contribution in [3.63, 3.8) is 0 Å². The van der Waals surface area contributed by atoms with Gasteiger partial charge in [0, 0.05) is 33.3 Å². The topological polar surface area (TPSA) is 87.5 Å². The minimum Gasteiger partial charge on any atom is -0.481 e. The van der Waals surface area contributed by atoms with Gasteiger partial charge in [0.15, 0.2) is 0 Å². The maximum atomic E-state index is 11.7. The summed E-state index contributed by atoms with van der Waals surface area (Å²) in [6, 6.07) is 1.60. The van der Waals surface area contributed by atoms with Gasteiger partial charge in [-0.1, -0.05) is 0 Å². The molecule has 0 aromatic carbocycles. The minimum atomic E-state index is -0.848. The molecule has 18 heavy (non-hydrogen) atoms. The molecule has 0 spiro atoms. The van der Waals surface area contributed by atoms with Crippen molar-refractivity contribution in [2.45, 2.75) is 19.4 Å². The van der Waals surface area contributed by atoms with Gasteiger partial charge in [-0.2, -0.15) is 5.10 Å². The van der Waals surface area contributed by atoms with Gasteiger partial charge in [-0.05, 0) is 12.5 Å². The molecule has 0 unspecified atom stereocenters. The van der Waals surface area contributed by atoms with Crippen LogP contribution in [0.25, 0.3) is 0 Å². The van der Waals surface area contributed by atoms with Gasteiger partial charge in [0.05, 0.1) is 12.2 Å². The summed E-state index contributed by atoms with van der Waals surface area (Å²) in [7, 11) is 3.44. The molecule has 1 aromatic heterocycles. The summed E-state index contributed by atoms with van der Waals surface area (Å²) < 4.78 is 1.69. The lowest BCUT2D eigenvalue weighted by atomic mass is 10.3. The van der Waals surface area contributed by atoms with Gasteiger partial charge in [-0.25, -0.2) is 4.79 Å². The number of nitrogens with zero attached hydrogens (tertiary/aromatic N) is 3. The number of carbonyl (C=O) groups is 2. The van der Waals surface area contributed by atoms with Gasteiger partial charge in [-0.15, -0.1) is 0 Å². The van der Waals surface area contributed by atoms with Crippen molar-refractivity contribution < 1.29 is 14.7 Å². The maximum Gasteiger partial charge on any atom is 0.317 e. The first-order valence-corrected chi connectivity index (χ1v) is 5.68. The zero-order valence-corrected chi connectivity index (χ0v) is 10.6. The summed E-state index contributed by atoms with van der Waals surface area (Å²) in [5.41, 5.74) is 0.905. The first-order valence-electron chi connectivity index (χ1n) is 5.68. The predicted molar refractivity (Wildman–Crippen MR) is 64.9 cm³/mol. The Kier molecular flexibility index (Phi) is 5.16. The van der Waals surface area contributed by atoms with Gasteiger partial charge in [0.2, 0.25) is 0 Å². The van der Waals surface area contributed by atoms with Crippen LogP contribution in [0.1, 0.15) is 18.5 Å². The molecule has 7 heteroatoms. The number of aromatic nitrogens is 2. The summed E-state index contributed by atoms with van der Waals surface area (Å²) in [4.78, 5) is 23.5. The van der Waals surface area contributed by atoms with Crippen molar-refractivity contribution in [2.24, 2.45) is 7.05 Å². The third-order valence-electron chi connectivity index (χ3n) is 2.57. The second-order valence-electron chi connectivity index (χ2n) is 4.02. The van der Waals surface area contributed by atoms with E-state index in [0.29, 0.717) is 19.5 Å². The normalized spacial score (nSPS) is 10.1. The van der Waals surface area contributed by atoms with E-state index in [1.54, 1.807) is 25.0 Å². The third kappa shape index (κ3) is 4.44. The number of carboxylic acid groups (broad SMARTS) is 1. The second-order valence-corrected chi connectivity index (χ2v) is 4.02. The first-order chi connectivity index (χ1) is 8.50. The molecule has 0 fully saturated rings. The van der Waals surface area contributed by atoms with Crippen molar-refractivity contribution in [3.05, 3.63) is 18.0 Å². The predicted octanol–water partition coefficient (Wildman–Crippen LogP) is 0.426. The third-order valence-corrected chi connectivity index (χ3v) is 2.57. The quantitative estimate of drug-likeness (QED) is 0.770. The molecule has 1 aromatic rings. The van der Waals surface area contributed by atoms with Gasteiger partial charge in [-0.3, -0.25) is 9.48 Å². The lowest BCUT2D eigenvalue weighted by molar-refractivity contribution is -0.137. The first kappa shape index (κ1) is 14.0. The van der Waals surface area contributed by atoms with Crippen LogP contribution in [0.3, 0.4) is 0 Å². The van der Waals surface area contributed by atoms with Crippen molar-refractivity contribution in [1.29, 1.82) is 0 Å². The fourth-order valence-corrected chi connectivity index (χ4v) is 1.44. The van der Waals surface area contributed by atoms with Crippen LogP contribution >= 0.6 is 0 Å². The number of rotatable bonds is 6. The highest BCUT2D eigenvalue weighted by Crippen LogP contribution is 1.97. The minimum absolute atomic E-state index is 0.0688. The molecule has 0 saturated carbocycles. The van der Waals surface area contributed by atoms with E-state index in [4.69, 9.17) is 5.11 Å². The number of hydrogen-bond donors (Lipinski definition) is 2. The Labute approximate surface area is 105 Å². The van der Waals surface area contributed by atoms with Crippen LogP contribution in [0.2, 0.25) is 0 Å². The van der Waals surface area contributed by atoms with E-state index < -0.39 is 5.97 Å². The highest BCUT2D eigenvalue weighted by molar-refractivity contribution is 5.73. The van der Waals surface area contributed by atoms with Gasteiger partial charge >= 0.3 is 12.0 Å². The lowest BCUT2D eigenvalue weighted by Crippen LogP contribution is -2.37. The molecule has 2 amide bonds. The van der Waals surface area contributed by atoms with Crippen LogP contribution in [0.15, 0.2) is 12.3 Å². The molecule has 7 nitrogen and oxygen atoms in total. The molecule has 100 valence electrons. The standard InChI is InChI=1S/C11H18N4O3/c1-14(7-3-4-10(16)17)11(18)12-8-9-5-6-13-15(9)2/h5-6H,3-4,7-8H2,1-2H3,(H,12,18)(H,16,17). The van der Waals surface area contributed by atoms with E-state index in [1.165, 1.54) is 4.90 Å². The zero-order chi connectivity index (χ0) is 13.5.